The third-order valence-electron chi connectivity index (χ3n) is 4.28. The molecule has 0 spiro atoms. The van der Waals surface area contributed by atoms with Crippen LogP contribution >= 0.6 is 0 Å². The summed E-state index contributed by atoms with van der Waals surface area (Å²) in [6, 6.07) is 0. The van der Waals surface area contributed by atoms with Crippen LogP contribution in [0.2, 0.25) is 0 Å². The molecule has 0 unspecified atom stereocenters. The SMILES string of the molecule is C[C@@H]1CCCC[C@H]1OCCNC(=O)c1nccn2ccnc12. The largest absolute Gasteiger partial charge is 0.376 e. The van der Waals surface area contributed by atoms with Crippen LogP contribution in [0.4, 0.5) is 0 Å². The molecule has 1 fully saturated rings. The van der Waals surface area contributed by atoms with Gasteiger partial charge in [0.2, 0.25) is 0 Å². The lowest BCUT2D eigenvalue weighted by molar-refractivity contribution is -0.00294. The second-order valence-electron chi connectivity index (χ2n) is 5.86. The van der Waals surface area contributed by atoms with Gasteiger partial charge in [0.15, 0.2) is 11.3 Å². The molecule has 2 atom stereocenters. The third kappa shape index (κ3) is 3.27. The van der Waals surface area contributed by atoms with E-state index in [1.165, 1.54) is 19.3 Å². The van der Waals surface area contributed by atoms with Gasteiger partial charge in [-0.1, -0.05) is 19.8 Å². The molecule has 6 heteroatoms. The summed E-state index contributed by atoms with van der Waals surface area (Å²) in [6.07, 6.45) is 12.1. The van der Waals surface area contributed by atoms with Crippen molar-refractivity contribution in [3.05, 3.63) is 30.5 Å². The predicted molar refractivity (Wildman–Crippen MR) is 82.7 cm³/mol. The molecule has 2 aromatic rings. The number of nitrogens with zero attached hydrogens (tertiary/aromatic N) is 3. The highest BCUT2D eigenvalue weighted by molar-refractivity contribution is 5.97. The van der Waals surface area contributed by atoms with Crippen molar-refractivity contribution in [3.8, 4) is 0 Å². The number of nitrogens with one attached hydrogen (secondary N) is 1. The van der Waals surface area contributed by atoms with Crippen molar-refractivity contribution in [2.24, 2.45) is 5.92 Å². The number of rotatable bonds is 5. The van der Waals surface area contributed by atoms with Crippen molar-refractivity contribution in [3.63, 3.8) is 0 Å². The summed E-state index contributed by atoms with van der Waals surface area (Å²) in [7, 11) is 0. The molecule has 1 aliphatic carbocycles. The van der Waals surface area contributed by atoms with Gasteiger partial charge in [0, 0.05) is 31.3 Å². The molecular weight excluding hydrogens is 280 g/mol. The van der Waals surface area contributed by atoms with Gasteiger partial charge in [0.25, 0.3) is 5.91 Å². The number of amides is 1. The second kappa shape index (κ2) is 6.87. The Morgan fingerprint density at radius 1 is 1.32 bits per heavy atom. The molecule has 0 radical (unpaired) electrons. The van der Waals surface area contributed by atoms with E-state index in [2.05, 4.69) is 22.2 Å². The van der Waals surface area contributed by atoms with Crippen LogP contribution in [0.25, 0.3) is 5.65 Å². The number of imidazole rings is 1. The fourth-order valence-electron chi connectivity index (χ4n) is 3.00. The number of ether oxygens (including phenoxy) is 1. The summed E-state index contributed by atoms with van der Waals surface area (Å²) in [5, 5.41) is 2.86. The maximum atomic E-state index is 12.2. The number of fused-ring (bicyclic) bond motifs is 1. The second-order valence-corrected chi connectivity index (χ2v) is 5.86. The first-order chi connectivity index (χ1) is 10.8. The van der Waals surface area contributed by atoms with Crippen LogP contribution in [0, 0.1) is 5.92 Å². The third-order valence-corrected chi connectivity index (χ3v) is 4.28. The van der Waals surface area contributed by atoms with Crippen LogP contribution in [0.5, 0.6) is 0 Å². The van der Waals surface area contributed by atoms with Crippen LogP contribution in [-0.4, -0.2) is 39.5 Å². The maximum Gasteiger partial charge on any atom is 0.273 e. The highest BCUT2D eigenvalue weighted by Gasteiger charge is 2.21. The van der Waals surface area contributed by atoms with Gasteiger partial charge in [-0.2, -0.15) is 0 Å². The van der Waals surface area contributed by atoms with Crippen molar-refractivity contribution >= 4 is 11.6 Å². The van der Waals surface area contributed by atoms with Gasteiger partial charge in [0.05, 0.1) is 12.7 Å². The summed E-state index contributed by atoms with van der Waals surface area (Å²) in [6.45, 7) is 3.27. The quantitative estimate of drug-likeness (QED) is 0.858. The molecule has 1 saturated carbocycles. The topological polar surface area (TPSA) is 68.5 Å². The van der Waals surface area contributed by atoms with E-state index in [4.69, 9.17) is 4.74 Å². The molecule has 0 saturated heterocycles. The lowest BCUT2D eigenvalue weighted by Gasteiger charge is -2.28. The molecule has 2 heterocycles. The Kier molecular flexibility index (Phi) is 4.68. The van der Waals surface area contributed by atoms with Crippen LogP contribution < -0.4 is 5.32 Å². The first-order valence-electron chi connectivity index (χ1n) is 7.93. The molecule has 0 aromatic carbocycles. The number of hydrogen-bond donors (Lipinski definition) is 1. The molecular formula is C16H22N4O2. The normalized spacial score (nSPS) is 21.9. The molecule has 1 aliphatic rings. The Morgan fingerprint density at radius 3 is 2.91 bits per heavy atom. The van der Waals surface area contributed by atoms with Crippen LogP contribution in [0.3, 0.4) is 0 Å². The summed E-state index contributed by atoms with van der Waals surface area (Å²) < 4.78 is 7.68. The fourth-order valence-corrected chi connectivity index (χ4v) is 3.00. The first kappa shape index (κ1) is 15.0. The van der Waals surface area contributed by atoms with Crippen LogP contribution in [0.1, 0.15) is 43.1 Å². The number of hydrogen-bond acceptors (Lipinski definition) is 4. The minimum Gasteiger partial charge on any atom is -0.376 e. The summed E-state index contributed by atoms with van der Waals surface area (Å²) in [5.41, 5.74) is 0.917. The number of carbonyl (C=O) groups is 1. The Hall–Kier alpha value is -1.95. The van der Waals surface area contributed by atoms with E-state index in [0.29, 0.717) is 36.5 Å². The van der Waals surface area contributed by atoms with Gasteiger partial charge in [-0.15, -0.1) is 0 Å². The van der Waals surface area contributed by atoms with Gasteiger partial charge >= 0.3 is 0 Å². The Labute approximate surface area is 129 Å². The van der Waals surface area contributed by atoms with E-state index in [-0.39, 0.29) is 5.91 Å². The average Bonchev–Trinajstić information content (AvgIpc) is 3.01. The monoisotopic (exact) mass is 302 g/mol. The Balaban J connectivity index is 1.49. The predicted octanol–water partition coefficient (Wildman–Crippen LogP) is 2.05. The molecule has 0 bridgehead atoms. The summed E-state index contributed by atoms with van der Waals surface area (Å²) in [5.74, 6) is 0.405. The van der Waals surface area contributed by atoms with Gasteiger partial charge in [0.1, 0.15) is 0 Å². The van der Waals surface area contributed by atoms with E-state index in [1.54, 1.807) is 29.2 Å². The van der Waals surface area contributed by atoms with Crippen LogP contribution in [0.15, 0.2) is 24.8 Å². The highest BCUT2D eigenvalue weighted by Crippen LogP contribution is 2.25. The minimum absolute atomic E-state index is 0.211. The molecule has 6 nitrogen and oxygen atoms in total. The van der Waals surface area contributed by atoms with E-state index >= 15 is 0 Å². The number of carbonyl (C=O) groups excluding carboxylic acids is 1. The minimum atomic E-state index is -0.211. The van der Waals surface area contributed by atoms with E-state index < -0.39 is 0 Å². The van der Waals surface area contributed by atoms with E-state index in [1.807, 2.05) is 0 Å². The molecule has 0 aliphatic heterocycles. The zero-order valence-corrected chi connectivity index (χ0v) is 12.9. The van der Waals surface area contributed by atoms with Crippen molar-refractivity contribution in [2.45, 2.75) is 38.7 Å². The zero-order valence-electron chi connectivity index (χ0n) is 12.9. The van der Waals surface area contributed by atoms with Gasteiger partial charge < -0.3 is 14.5 Å². The smallest absolute Gasteiger partial charge is 0.273 e. The highest BCUT2D eigenvalue weighted by atomic mass is 16.5. The van der Waals surface area contributed by atoms with Gasteiger partial charge in [-0.25, -0.2) is 9.97 Å². The molecule has 3 rings (SSSR count). The molecule has 22 heavy (non-hydrogen) atoms. The van der Waals surface area contributed by atoms with Crippen LogP contribution in [-0.2, 0) is 4.74 Å². The maximum absolute atomic E-state index is 12.2. The Bertz CT molecular complexity index is 640. The zero-order chi connectivity index (χ0) is 15.4. The standard InChI is InChI=1S/C16H22N4O2/c1-12-4-2-3-5-13(12)22-11-8-19-16(21)14-15-18-7-10-20(15)9-6-17-14/h6-7,9-10,12-13H,2-5,8,11H2,1H3,(H,19,21)/t12-,13-/m1/s1. The lowest BCUT2D eigenvalue weighted by Crippen LogP contribution is -2.32. The van der Waals surface area contributed by atoms with Gasteiger partial charge in [-0.05, 0) is 18.8 Å². The summed E-state index contributed by atoms with van der Waals surface area (Å²) in [4.78, 5) is 20.5. The molecule has 2 aromatic heterocycles. The molecule has 1 N–H and O–H groups in total. The van der Waals surface area contributed by atoms with Crippen molar-refractivity contribution in [1.29, 1.82) is 0 Å². The number of aromatic nitrogens is 3. The van der Waals surface area contributed by atoms with E-state index in [9.17, 15) is 4.79 Å². The van der Waals surface area contributed by atoms with E-state index in [0.717, 1.165) is 6.42 Å². The van der Waals surface area contributed by atoms with Crippen molar-refractivity contribution in [1.82, 2.24) is 19.7 Å². The molecule has 1 amide bonds. The lowest BCUT2D eigenvalue weighted by atomic mass is 9.88. The summed E-state index contributed by atoms with van der Waals surface area (Å²) >= 11 is 0. The molecule has 118 valence electrons. The first-order valence-corrected chi connectivity index (χ1v) is 7.93. The van der Waals surface area contributed by atoms with Gasteiger partial charge in [-0.3, -0.25) is 4.79 Å². The average molecular weight is 302 g/mol. The van der Waals surface area contributed by atoms with Crippen molar-refractivity contribution in [2.75, 3.05) is 13.2 Å². The Morgan fingerprint density at radius 2 is 2.09 bits per heavy atom. The fraction of sp³-hybridized carbons (Fsp3) is 0.562. The van der Waals surface area contributed by atoms with Crippen molar-refractivity contribution < 1.29 is 9.53 Å².